The summed E-state index contributed by atoms with van der Waals surface area (Å²) in [6, 6.07) is 7.22. The number of anilines is 2. The second kappa shape index (κ2) is 5.85. The van der Waals surface area contributed by atoms with Gasteiger partial charge in [0.15, 0.2) is 0 Å². The summed E-state index contributed by atoms with van der Waals surface area (Å²) in [5.74, 6) is 0.645. The van der Waals surface area contributed by atoms with Crippen LogP contribution in [0.2, 0.25) is 0 Å². The predicted molar refractivity (Wildman–Crippen MR) is 82.9 cm³/mol. The summed E-state index contributed by atoms with van der Waals surface area (Å²) in [4.78, 5) is 2.13. The molecular weight excluding hydrogens is 264 g/mol. The topological polar surface area (TPSA) is 54.2 Å². The Morgan fingerprint density at radius 2 is 2.24 bits per heavy atom. The molecule has 2 heterocycles. The third-order valence-electron chi connectivity index (χ3n) is 3.90. The highest BCUT2D eigenvalue weighted by Crippen LogP contribution is 2.33. The maximum Gasteiger partial charge on any atom is 0.322 e. The average molecular weight is 286 g/mol. The van der Waals surface area contributed by atoms with Crippen molar-refractivity contribution in [2.45, 2.75) is 39.7 Å². The Morgan fingerprint density at radius 3 is 3.05 bits per heavy atom. The first-order valence-electron chi connectivity index (χ1n) is 7.63. The summed E-state index contributed by atoms with van der Waals surface area (Å²) in [5, 5.41) is 11.7. The molecule has 1 atom stereocenters. The van der Waals surface area contributed by atoms with Crippen molar-refractivity contribution in [2.24, 2.45) is 0 Å². The van der Waals surface area contributed by atoms with E-state index >= 15 is 0 Å². The zero-order chi connectivity index (χ0) is 14.8. The SMILES string of the molecule is CCNC(C)c1nnc(N2CCCc3cc(C)ccc32)o1. The van der Waals surface area contributed by atoms with Crippen molar-refractivity contribution in [3.8, 4) is 0 Å². The number of rotatable bonds is 4. The Morgan fingerprint density at radius 1 is 1.38 bits per heavy atom. The smallest absolute Gasteiger partial charge is 0.322 e. The van der Waals surface area contributed by atoms with Gasteiger partial charge < -0.3 is 9.73 Å². The van der Waals surface area contributed by atoms with Gasteiger partial charge in [0.2, 0.25) is 5.89 Å². The number of nitrogens with zero attached hydrogens (tertiary/aromatic N) is 3. The van der Waals surface area contributed by atoms with E-state index in [1.807, 2.05) is 6.92 Å². The number of aryl methyl sites for hydroxylation is 2. The molecule has 0 aliphatic carbocycles. The summed E-state index contributed by atoms with van der Waals surface area (Å²) in [6.07, 6.45) is 2.22. The number of fused-ring (bicyclic) bond motifs is 1. The zero-order valence-corrected chi connectivity index (χ0v) is 12.9. The van der Waals surface area contributed by atoms with E-state index in [1.54, 1.807) is 0 Å². The standard InChI is InChI=1S/C16H22N4O/c1-4-17-12(3)15-18-19-16(21-15)20-9-5-6-13-10-11(2)7-8-14(13)20/h7-8,10,12,17H,4-6,9H2,1-3H3. The lowest BCUT2D eigenvalue weighted by molar-refractivity contribution is 0.422. The van der Waals surface area contributed by atoms with Gasteiger partial charge in [-0.2, -0.15) is 0 Å². The van der Waals surface area contributed by atoms with Gasteiger partial charge in [0.05, 0.1) is 6.04 Å². The summed E-state index contributed by atoms with van der Waals surface area (Å²) < 4.78 is 5.87. The highest BCUT2D eigenvalue weighted by molar-refractivity contribution is 5.63. The molecule has 5 heteroatoms. The van der Waals surface area contributed by atoms with E-state index in [9.17, 15) is 0 Å². The van der Waals surface area contributed by atoms with Crippen LogP contribution in [-0.4, -0.2) is 23.3 Å². The van der Waals surface area contributed by atoms with Gasteiger partial charge in [0.1, 0.15) is 0 Å². The molecule has 1 aliphatic rings. The van der Waals surface area contributed by atoms with Crippen LogP contribution in [0.25, 0.3) is 0 Å². The molecule has 1 N–H and O–H groups in total. The van der Waals surface area contributed by atoms with Crippen LogP contribution in [0.3, 0.4) is 0 Å². The Bertz CT molecular complexity index is 622. The predicted octanol–water partition coefficient (Wildman–Crippen LogP) is 3.13. The fraction of sp³-hybridized carbons (Fsp3) is 0.500. The highest BCUT2D eigenvalue weighted by atomic mass is 16.4. The van der Waals surface area contributed by atoms with Crippen LogP contribution in [-0.2, 0) is 6.42 Å². The number of nitrogens with one attached hydrogen (secondary N) is 1. The molecule has 3 rings (SSSR count). The van der Waals surface area contributed by atoms with Crippen molar-refractivity contribution in [2.75, 3.05) is 18.0 Å². The molecule has 112 valence electrons. The van der Waals surface area contributed by atoms with Crippen molar-refractivity contribution < 1.29 is 4.42 Å². The van der Waals surface area contributed by atoms with Crippen molar-refractivity contribution >= 4 is 11.7 Å². The van der Waals surface area contributed by atoms with Gasteiger partial charge in [-0.1, -0.05) is 29.7 Å². The second-order valence-electron chi connectivity index (χ2n) is 5.59. The van der Waals surface area contributed by atoms with Gasteiger partial charge in [-0.3, -0.25) is 4.90 Å². The zero-order valence-electron chi connectivity index (χ0n) is 12.9. The third kappa shape index (κ3) is 2.78. The van der Waals surface area contributed by atoms with Gasteiger partial charge in [0, 0.05) is 12.2 Å². The van der Waals surface area contributed by atoms with Crippen LogP contribution >= 0.6 is 0 Å². The van der Waals surface area contributed by atoms with Gasteiger partial charge in [-0.15, -0.1) is 5.10 Å². The first-order chi connectivity index (χ1) is 10.2. The molecule has 0 amide bonds. The molecule has 0 spiro atoms. The Hall–Kier alpha value is -1.88. The second-order valence-corrected chi connectivity index (χ2v) is 5.59. The Labute approximate surface area is 125 Å². The number of hydrogen-bond donors (Lipinski definition) is 1. The lowest BCUT2D eigenvalue weighted by Crippen LogP contribution is -2.24. The maximum absolute atomic E-state index is 5.87. The lowest BCUT2D eigenvalue weighted by Gasteiger charge is -2.28. The van der Waals surface area contributed by atoms with E-state index in [2.05, 4.69) is 52.5 Å². The minimum atomic E-state index is 0.0820. The van der Waals surface area contributed by atoms with Crippen molar-refractivity contribution in [1.29, 1.82) is 0 Å². The fourth-order valence-corrected chi connectivity index (χ4v) is 2.83. The molecule has 5 nitrogen and oxygen atoms in total. The molecule has 1 aromatic heterocycles. The molecule has 2 aromatic rings. The van der Waals surface area contributed by atoms with Crippen molar-refractivity contribution in [3.63, 3.8) is 0 Å². The monoisotopic (exact) mass is 286 g/mol. The molecule has 21 heavy (non-hydrogen) atoms. The highest BCUT2D eigenvalue weighted by Gasteiger charge is 2.23. The van der Waals surface area contributed by atoms with Crippen LogP contribution in [0, 0.1) is 6.92 Å². The molecule has 0 fully saturated rings. The van der Waals surface area contributed by atoms with Crippen LogP contribution < -0.4 is 10.2 Å². The average Bonchev–Trinajstić information content (AvgIpc) is 2.96. The lowest BCUT2D eigenvalue weighted by atomic mass is 10.00. The summed E-state index contributed by atoms with van der Waals surface area (Å²) in [5.41, 5.74) is 3.85. The number of aromatic nitrogens is 2. The molecule has 0 saturated carbocycles. The normalized spacial score (nSPS) is 15.9. The summed E-state index contributed by atoms with van der Waals surface area (Å²) >= 11 is 0. The fourth-order valence-electron chi connectivity index (χ4n) is 2.83. The quantitative estimate of drug-likeness (QED) is 0.935. The Balaban J connectivity index is 1.89. The van der Waals surface area contributed by atoms with Crippen LogP contribution in [0.5, 0.6) is 0 Å². The minimum Gasteiger partial charge on any atom is -0.406 e. The van der Waals surface area contributed by atoms with E-state index in [0.717, 1.165) is 25.9 Å². The van der Waals surface area contributed by atoms with E-state index in [1.165, 1.54) is 16.8 Å². The molecule has 1 unspecified atom stereocenters. The van der Waals surface area contributed by atoms with Crippen LogP contribution in [0.1, 0.15) is 43.3 Å². The molecule has 1 aromatic carbocycles. The van der Waals surface area contributed by atoms with Gasteiger partial charge in [0.25, 0.3) is 0 Å². The molecule has 0 saturated heterocycles. The minimum absolute atomic E-state index is 0.0820. The largest absolute Gasteiger partial charge is 0.406 e. The van der Waals surface area contributed by atoms with E-state index in [0.29, 0.717) is 11.9 Å². The van der Waals surface area contributed by atoms with Crippen molar-refractivity contribution in [1.82, 2.24) is 15.5 Å². The van der Waals surface area contributed by atoms with Crippen LogP contribution in [0.4, 0.5) is 11.7 Å². The van der Waals surface area contributed by atoms with Crippen molar-refractivity contribution in [3.05, 3.63) is 35.2 Å². The first-order valence-corrected chi connectivity index (χ1v) is 7.63. The van der Waals surface area contributed by atoms with E-state index in [4.69, 9.17) is 4.42 Å². The van der Waals surface area contributed by atoms with E-state index < -0.39 is 0 Å². The number of hydrogen-bond acceptors (Lipinski definition) is 5. The number of benzene rings is 1. The molecular formula is C16H22N4O. The van der Waals surface area contributed by atoms with Gasteiger partial charge >= 0.3 is 6.01 Å². The van der Waals surface area contributed by atoms with Crippen LogP contribution in [0.15, 0.2) is 22.6 Å². The maximum atomic E-state index is 5.87. The third-order valence-corrected chi connectivity index (χ3v) is 3.90. The van der Waals surface area contributed by atoms with Gasteiger partial charge in [-0.05, 0) is 44.9 Å². The summed E-state index contributed by atoms with van der Waals surface area (Å²) in [7, 11) is 0. The summed E-state index contributed by atoms with van der Waals surface area (Å²) in [6.45, 7) is 8.03. The van der Waals surface area contributed by atoms with E-state index in [-0.39, 0.29) is 6.04 Å². The Kier molecular flexibility index (Phi) is 3.92. The first kappa shape index (κ1) is 14.1. The molecule has 0 bridgehead atoms. The van der Waals surface area contributed by atoms with Gasteiger partial charge in [-0.25, -0.2) is 0 Å². The molecule has 0 radical (unpaired) electrons. The molecule has 1 aliphatic heterocycles.